The van der Waals surface area contributed by atoms with Crippen molar-refractivity contribution in [3.8, 4) is 0 Å². The molecule has 1 saturated carbocycles. The Morgan fingerprint density at radius 3 is 2.56 bits per heavy atom. The molecule has 0 atom stereocenters. The molecule has 0 spiro atoms. The largest absolute Gasteiger partial charge is 0.478 e. The molecule has 0 aromatic rings. The number of allylic oxidation sites excluding steroid dienone is 1. The molecule has 1 fully saturated rings. The van der Waals surface area contributed by atoms with Gasteiger partial charge in [-0.2, -0.15) is 0 Å². The molecule has 0 unspecified atom stereocenters. The number of rotatable bonds is 2. The van der Waals surface area contributed by atoms with Gasteiger partial charge in [0.15, 0.2) is 0 Å². The van der Waals surface area contributed by atoms with Gasteiger partial charge in [0.1, 0.15) is 0 Å². The van der Waals surface area contributed by atoms with Crippen molar-refractivity contribution in [3.63, 3.8) is 0 Å². The Kier molecular flexibility index (Phi) is 1.88. The molecular formula is C7H10O2. The van der Waals surface area contributed by atoms with Crippen LogP contribution in [0.25, 0.3) is 0 Å². The number of hydrogen-bond donors (Lipinski definition) is 1. The van der Waals surface area contributed by atoms with Crippen molar-refractivity contribution >= 4 is 5.97 Å². The van der Waals surface area contributed by atoms with Crippen molar-refractivity contribution < 1.29 is 9.90 Å². The fourth-order valence-corrected chi connectivity index (χ4v) is 0.851. The Morgan fingerprint density at radius 2 is 2.22 bits per heavy atom. The highest BCUT2D eigenvalue weighted by Gasteiger charge is 2.13. The van der Waals surface area contributed by atoms with E-state index in [4.69, 9.17) is 5.11 Å². The van der Waals surface area contributed by atoms with Gasteiger partial charge in [0.2, 0.25) is 0 Å². The molecule has 0 radical (unpaired) electrons. The number of hydrogen-bond acceptors (Lipinski definition) is 1. The normalized spacial score (nSPS) is 20.0. The minimum absolute atomic E-state index is 0.557. The number of carbonyl (C=O) groups is 1. The first-order valence-corrected chi connectivity index (χ1v) is 3.20. The van der Waals surface area contributed by atoms with Gasteiger partial charge in [-0.1, -0.05) is 12.5 Å². The van der Waals surface area contributed by atoms with Crippen LogP contribution in [-0.4, -0.2) is 11.1 Å². The second-order valence-corrected chi connectivity index (χ2v) is 2.39. The minimum Gasteiger partial charge on any atom is -0.478 e. The van der Waals surface area contributed by atoms with Gasteiger partial charge in [-0.3, -0.25) is 0 Å². The van der Waals surface area contributed by atoms with Crippen LogP contribution in [0.2, 0.25) is 0 Å². The third kappa shape index (κ3) is 1.88. The van der Waals surface area contributed by atoms with Crippen molar-refractivity contribution in [1.29, 1.82) is 0 Å². The summed E-state index contributed by atoms with van der Waals surface area (Å²) in [5.41, 5.74) is 0. The SMILES string of the molecule is O=C(O)/C=C\C1CCC1. The Hall–Kier alpha value is -0.790. The maximum Gasteiger partial charge on any atom is 0.327 e. The van der Waals surface area contributed by atoms with E-state index in [0.29, 0.717) is 5.92 Å². The smallest absolute Gasteiger partial charge is 0.327 e. The quantitative estimate of drug-likeness (QED) is 0.568. The molecule has 0 heterocycles. The van der Waals surface area contributed by atoms with E-state index in [1.54, 1.807) is 6.08 Å². The zero-order chi connectivity index (χ0) is 6.69. The van der Waals surface area contributed by atoms with E-state index in [-0.39, 0.29) is 0 Å². The molecule has 0 bridgehead atoms. The summed E-state index contributed by atoms with van der Waals surface area (Å²) in [5, 5.41) is 8.20. The molecular weight excluding hydrogens is 116 g/mol. The lowest BCUT2D eigenvalue weighted by atomic mass is 9.85. The van der Waals surface area contributed by atoms with Crippen LogP contribution in [0.3, 0.4) is 0 Å². The summed E-state index contributed by atoms with van der Waals surface area (Å²) in [6, 6.07) is 0. The fourth-order valence-electron chi connectivity index (χ4n) is 0.851. The van der Waals surface area contributed by atoms with E-state index in [1.807, 2.05) is 0 Å². The summed E-state index contributed by atoms with van der Waals surface area (Å²) in [5.74, 6) is -0.275. The molecule has 1 N–H and O–H groups in total. The Labute approximate surface area is 54.2 Å². The van der Waals surface area contributed by atoms with Crippen LogP contribution in [0.15, 0.2) is 12.2 Å². The Bertz CT molecular complexity index is 134. The summed E-state index contributed by atoms with van der Waals surface area (Å²) in [7, 11) is 0. The first-order valence-electron chi connectivity index (χ1n) is 3.20. The van der Waals surface area contributed by atoms with Gasteiger partial charge in [-0.05, 0) is 18.8 Å². The second kappa shape index (κ2) is 2.67. The average molecular weight is 126 g/mol. The van der Waals surface area contributed by atoms with Gasteiger partial charge in [0, 0.05) is 6.08 Å². The Morgan fingerprint density at radius 1 is 1.56 bits per heavy atom. The lowest BCUT2D eigenvalue weighted by Gasteiger charge is -2.20. The van der Waals surface area contributed by atoms with Crippen LogP contribution in [-0.2, 0) is 4.79 Å². The first kappa shape index (κ1) is 6.33. The van der Waals surface area contributed by atoms with Crippen molar-refractivity contribution in [2.45, 2.75) is 19.3 Å². The van der Waals surface area contributed by atoms with Crippen molar-refractivity contribution in [1.82, 2.24) is 0 Å². The van der Waals surface area contributed by atoms with Crippen LogP contribution in [0.1, 0.15) is 19.3 Å². The van der Waals surface area contributed by atoms with Crippen LogP contribution in [0, 0.1) is 5.92 Å². The molecule has 2 nitrogen and oxygen atoms in total. The molecule has 0 aromatic heterocycles. The lowest BCUT2D eigenvalue weighted by Crippen LogP contribution is -2.07. The van der Waals surface area contributed by atoms with E-state index in [0.717, 1.165) is 0 Å². The average Bonchev–Trinajstić information content (AvgIpc) is 1.60. The Balaban J connectivity index is 2.22. The van der Waals surface area contributed by atoms with Crippen molar-refractivity contribution in [3.05, 3.63) is 12.2 Å². The molecule has 0 aromatic carbocycles. The molecule has 0 amide bonds. The third-order valence-corrected chi connectivity index (χ3v) is 1.66. The topological polar surface area (TPSA) is 37.3 Å². The molecule has 2 heteroatoms. The van der Waals surface area contributed by atoms with Crippen LogP contribution in [0.5, 0.6) is 0 Å². The van der Waals surface area contributed by atoms with Gasteiger partial charge in [0.25, 0.3) is 0 Å². The lowest BCUT2D eigenvalue weighted by molar-refractivity contribution is -0.131. The molecule has 9 heavy (non-hydrogen) atoms. The first-order chi connectivity index (χ1) is 4.29. The van der Waals surface area contributed by atoms with Gasteiger partial charge in [-0.25, -0.2) is 4.79 Å². The summed E-state index contributed by atoms with van der Waals surface area (Å²) < 4.78 is 0. The van der Waals surface area contributed by atoms with E-state index >= 15 is 0 Å². The van der Waals surface area contributed by atoms with Gasteiger partial charge >= 0.3 is 5.97 Å². The predicted octanol–water partition coefficient (Wildman–Crippen LogP) is 1.43. The molecule has 1 aliphatic rings. The highest BCUT2D eigenvalue weighted by Crippen LogP contribution is 2.26. The molecule has 50 valence electrons. The zero-order valence-electron chi connectivity index (χ0n) is 5.21. The van der Waals surface area contributed by atoms with Gasteiger partial charge in [-0.15, -0.1) is 0 Å². The standard InChI is InChI=1S/C7H10O2/c8-7(9)5-4-6-2-1-3-6/h4-6H,1-3H2,(H,8,9)/b5-4-. The minimum atomic E-state index is -0.832. The summed E-state index contributed by atoms with van der Waals surface area (Å²) in [6.45, 7) is 0. The summed E-state index contributed by atoms with van der Waals surface area (Å²) in [6.07, 6.45) is 6.62. The van der Waals surface area contributed by atoms with Crippen LogP contribution in [0.4, 0.5) is 0 Å². The highest BCUT2D eigenvalue weighted by atomic mass is 16.4. The van der Waals surface area contributed by atoms with Crippen LogP contribution < -0.4 is 0 Å². The second-order valence-electron chi connectivity index (χ2n) is 2.39. The molecule has 0 aliphatic heterocycles. The predicted molar refractivity (Wildman–Crippen MR) is 34.1 cm³/mol. The van der Waals surface area contributed by atoms with Gasteiger partial charge in [0.05, 0.1) is 0 Å². The van der Waals surface area contributed by atoms with Crippen molar-refractivity contribution in [2.24, 2.45) is 5.92 Å². The number of aliphatic carboxylic acids is 1. The van der Waals surface area contributed by atoms with Gasteiger partial charge < -0.3 is 5.11 Å². The van der Waals surface area contributed by atoms with E-state index < -0.39 is 5.97 Å². The molecule has 0 saturated heterocycles. The highest BCUT2D eigenvalue weighted by molar-refractivity contribution is 5.79. The summed E-state index contributed by atoms with van der Waals surface area (Å²) >= 11 is 0. The fraction of sp³-hybridized carbons (Fsp3) is 0.571. The molecule has 1 aliphatic carbocycles. The van der Waals surface area contributed by atoms with Crippen molar-refractivity contribution in [2.75, 3.05) is 0 Å². The maximum atomic E-state index is 9.96. The number of carboxylic acid groups (broad SMARTS) is 1. The van der Waals surface area contributed by atoms with E-state index in [2.05, 4.69) is 0 Å². The monoisotopic (exact) mass is 126 g/mol. The summed E-state index contributed by atoms with van der Waals surface area (Å²) in [4.78, 5) is 9.96. The third-order valence-electron chi connectivity index (χ3n) is 1.66. The number of carboxylic acids is 1. The van der Waals surface area contributed by atoms with Crippen LogP contribution >= 0.6 is 0 Å². The zero-order valence-corrected chi connectivity index (χ0v) is 5.21. The maximum absolute atomic E-state index is 9.96. The van der Waals surface area contributed by atoms with E-state index in [1.165, 1.54) is 25.3 Å². The van der Waals surface area contributed by atoms with E-state index in [9.17, 15) is 4.79 Å². The molecule has 1 rings (SSSR count).